The number of aromatic nitrogens is 4. The Morgan fingerprint density at radius 1 is 1.12 bits per heavy atom. The molecular formula is C20H19BrN4. The molecule has 0 aliphatic rings. The van der Waals surface area contributed by atoms with Crippen molar-refractivity contribution in [1.29, 1.82) is 0 Å². The number of pyridine rings is 1. The second-order valence-electron chi connectivity index (χ2n) is 6.16. The maximum atomic E-state index is 4.74. The number of nitrogens with zero attached hydrogens (tertiary/aromatic N) is 4. The largest absolute Gasteiger partial charge is 0.334 e. The van der Waals surface area contributed by atoms with Crippen molar-refractivity contribution in [1.82, 2.24) is 19.3 Å². The van der Waals surface area contributed by atoms with Gasteiger partial charge in [0, 0.05) is 34.0 Å². The predicted octanol–water partition coefficient (Wildman–Crippen LogP) is 5.12. The van der Waals surface area contributed by atoms with E-state index in [0.29, 0.717) is 6.67 Å². The maximum absolute atomic E-state index is 4.74. The third-order valence-corrected chi connectivity index (χ3v) is 4.69. The lowest BCUT2D eigenvalue weighted by Crippen LogP contribution is -2.09. The van der Waals surface area contributed by atoms with Gasteiger partial charge in [0.05, 0.1) is 5.69 Å². The number of aryl methyl sites for hydroxylation is 1. The van der Waals surface area contributed by atoms with Crippen molar-refractivity contribution < 1.29 is 0 Å². The summed E-state index contributed by atoms with van der Waals surface area (Å²) in [5.74, 6) is 0. The molecule has 0 N–H and O–H groups in total. The Morgan fingerprint density at radius 2 is 1.96 bits per heavy atom. The molecule has 5 heteroatoms. The van der Waals surface area contributed by atoms with Gasteiger partial charge in [-0.05, 0) is 40.0 Å². The van der Waals surface area contributed by atoms with Crippen LogP contribution in [0.25, 0.3) is 22.3 Å². The van der Waals surface area contributed by atoms with Crippen molar-refractivity contribution in [2.24, 2.45) is 0 Å². The van der Waals surface area contributed by atoms with E-state index in [4.69, 9.17) is 5.10 Å². The van der Waals surface area contributed by atoms with Gasteiger partial charge < -0.3 is 4.57 Å². The average Bonchev–Trinajstić information content (AvgIpc) is 3.20. The molecule has 0 unspecified atom stereocenters. The highest BCUT2D eigenvalue weighted by Crippen LogP contribution is 2.29. The SMILES string of the molecule is CCCc1ccn(Cn2nc3ncc(Br)cc3c2-c2ccccc2)c1. The second-order valence-corrected chi connectivity index (χ2v) is 7.08. The molecule has 0 radical (unpaired) electrons. The standard InChI is InChI=1S/C20H19BrN4/c1-2-6-15-9-10-24(13-15)14-25-19(16-7-4-3-5-8-16)18-11-17(21)12-22-20(18)23-25/h3-5,7-13H,2,6,14H2,1H3. The van der Waals surface area contributed by atoms with Crippen molar-refractivity contribution >= 4 is 27.0 Å². The molecule has 0 saturated carbocycles. The number of benzene rings is 1. The summed E-state index contributed by atoms with van der Waals surface area (Å²) in [7, 11) is 0. The first-order valence-corrected chi connectivity index (χ1v) is 9.26. The van der Waals surface area contributed by atoms with E-state index in [-0.39, 0.29) is 0 Å². The molecule has 126 valence electrons. The van der Waals surface area contributed by atoms with Crippen LogP contribution in [0.4, 0.5) is 0 Å². The van der Waals surface area contributed by atoms with E-state index in [1.54, 1.807) is 6.20 Å². The van der Waals surface area contributed by atoms with Crippen LogP contribution in [0.1, 0.15) is 18.9 Å². The van der Waals surface area contributed by atoms with Crippen LogP contribution >= 0.6 is 15.9 Å². The lowest BCUT2D eigenvalue weighted by atomic mass is 10.1. The molecule has 25 heavy (non-hydrogen) atoms. The van der Waals surface area contributed by atoms with E-state index < -0.39 is 0 Å². The summed E-state index contributed by atoms with van der Waals surface area (Å²) < 4.78 is 5.18. The maximum Gasteiger partial charge on any atom is 0.181 e. The van der Waals surface area contributed by atoms with Crippen LogP contribution in [0.15, 0.2) is 65.5 Å². The van der Waals surface area contributed by atoms with Crippen LogP contribution in [-0.4, -0.2) is 19.3 Å². The molecule has 0 fully saturated rings. The average molecular weight is 395 g/mol. The highest BCUT2D eigenvalue weighted by Gasteiger charge is 2.15. The Labute approximate surface area is 155 Å². The van der Waals surface area contributed by atoms with E-state index in [1.807, 2.05) is 10.7 Å². The molecule has 0 aliphatic carbocycles. The van der Waals surface area contributed by atoms with E-state index in [1.165, 1.54) is 5.56 Å². The van der Waals surface area contributed by atoms with Crippen molar-refractivity contribution in [3.63, 3.8) is 0 Å². The van der Waals surface area contributed by atoms with E-state index in [9.17, 15) is 0 Å². The number of hydrogen-bond donors (Lipinski definition) is 0. The molecule has 0 aliphatic heterocycles. The predicted molar refractivity (Wildman–Crippen MR) is 104 cm³/mol. The Kier molecular flexibility index (Phi) is 4.40. The summed E-state index contributed by atoms with van der Waals surface area (Å²) in [4.78, 5) is 4.48. The second kappa shape index (κ2) is 6.84. The van der Waals surface area contributed by atoms with Gasteiger partial charge in [-0.2, -0.15) is 0 Å². The van der Waals surface area contributed by atoms with Crippen LogP contribution in [-0.2, 0) is 13.1 Å². The van der Waals surface area contributed by atoms with Gasteiger partial charge in [0.2, 0.25) is 0 Å². The third kappa shape index (κ3) is 3.24. The Balaban J connectivity index is 1.82. The van der Waals surface area contributed by atoms with Gasteiger partial charge in [-0.3, -0.25) is 0 Å². The molecule has 4 nitrogen and oxygen atoms in total. The Morgan fingerprint density at radius 3 is 2.76 bits per heavy atom. The van der Waals surface area contributed by atoms with Gasteiger partial charge in [0.1, 0.15) is 6.67 Å². The molecule has 3 aromatic heterocycles. The van der Waals surface area contributed by atoms with E-state index in [2.05, 4.69) is 81.2 Å². The van der Waals surface area contributed by atoms with Crippen molar-refractivity contribution in [3.8, 4) is 11.3 Å². The molecule has 4 rings (SSSR count). The van der Waals surface area contributed by atoms with Crippen LogP contribution < -0.4 is 0 Å². The number of hydrogen-bond acceptors (Lipinski definition) is 2. The summed E-state index contributed by atoms with van der Waals surface area (Å²) in [6, 6.07) is 14.6. The molecule has 0 atom stereocenters. The summed E-state index contributed by atoms with van der Waals surface area (Å²) in [5, 5.41) is 5.80. The fourth-order valence-corrected chi connectivity index (χ4v) is 3.49. The van der Waals surface area contributed by atoms with Crippen molar-refractivity contribution in [2.45, 2.75) is 26.4 Å². The minimum absolute atomic E-state index is 0.669. The summed E-state index contributed by atoms with van der Waals surface area (Å²) in [6.07, 6.45) is 8.38. The molecule has 0 bridgehead atoms. The van der Waals surface area contributed by atoms with Crippen molar-refractivity contribution in [3.05, 3.63) is 71.1 Å². The molecule has 0 amide bonds. The summed E-state index contributed by atoms with van der Waals surface area (Å²) in [5.41, 5.74) is 4.37. The zero-order valence-corrected chi connectivity index (χ0v) is 15.6. The zero-order chi connectivity index (χ0) is 17.2. The van der Waals surface area contributed by atoms with Crippen LogP contribution in [0.2, 0.25) is 0 Å². The smallest absolute Gasteiger partial charge is 0.181 e. The monoisotopic (exact) mass is 394 g/mol. The van der Waals surface area contributed by atoms with Gasteiger partial charge >= 0.3 is 0 Å². The molecule has 3 heterocycles. The Hall–Kier alpha value is -2.40. The highest BCUT2D eigenvalue weighted by atomic mass is 79.9. The van der Waals surface area contributed by atoms with Gasteiger partial charge in [-0.1, -0.05) is 43.7 Å². The molecule has 1 aromatic carbocycles. The lowest BCUT2D eigenvalue weighted by molar-refractivity contribution is 0.558. The molecule has 4 aromatic rings. The first-order chi connectivity index (χ1) is 12.2. The fraction of sp³-hybridized carbons (Fsp3) is 0.200. The van der Waals surface area contributed by atoms with Gasteiger partial charge in [-0.15, -0.1) is 5.10 Å². The van der Waals surface area contributed by atoms with Gasteiger partial charge in [0.15, 0.2) is 5.65 Å². The first-order valence-electron chi connectivity index (χ1n) is 8.46. The van der Waals surface area contributed by atoms with Crippen LogP contribution in [0, 0.1) is 0 Å². The summed E-state index contributed by atoms with van der Waals surface area (Å²) in [6.45, 7) is 2.87. The lowest BCUT2D eigenvalue weighted by Gasteiger charge is -2.09. The topological polar surface area (TPSA) is 35.6 Å². The molecule has 0 spiro atoms. The molecular weight excluding hydrogens is 376 g/mol. The normalized spacial score (nSPS) is 11.3. The summed E-state index contributed by atoms with van der Waals surface area (Å²) >= 11 is 3.53. The van der Waals surface area contributed by atoms with Crippen LogP contribution in [0.5, 0.6) is 0 Å². The zero-order valence-electron chi connectivity index (χ0n) is 14.1. The Bertz CT molecular complexity index is 1000. The van der Waals surface area contributed by atoms with E-state index in [0.717, 1.165) is 39.6 Å². The number of rotatable bonds is 5. The molecule has 0 saturated heterocycles. The van der Waals surface area contributed by atoms with Gasteiger partial charge in [-0.25, -0.2) is 9.67 Å². The minimum atomic E-state index is 0.669. The van der Waals surface area contributed by atoms with E-state index >= 15 is 0 Å². The van der Waals surface area contributed by atoms with Crippen molar-refractivity contribution in [2.75, 3.05) is 0 Å². The number of fused-ring (bicyclic) bond motifs is 1. The quantitative estimate of drug-likeness (QED) is 0.470. The fourth-order valence-electron chi connectivity index (χ4n) is 3.16. The van der Waals surface area contributed by atoms with Gasteiger partial charge in [0.25, 0.3) is 0 Å². The third-order valence-electron chi connectivity index (χ3n) is 4.26. The highest BCUT2D eigenvalue weighted by molar-refractivity contribution is 9.10. The first kappa shape index (κ1) is 16.1. The minimum Gasteiger partial charge on any atom is -0.334 e. The van der Waals surface area contributed by atoms with Crippen LogP contribution in [0.3, 0.4) is 0 Å². The number of halogens is 1.